The van der Waals surface area contributed by atoms with E-state index in [2.05, 4.69) is 37.7 Å². The van der Waals surface area contributed by atoms with Crippen LogP contribution in [0.1, 0.15) is 60.8 Å². The summed E-state index contributed by atoms with van der Waals surface area (Å²) in [4.78, 5) is 0. The van der Waals surface area contributed by atoms with Crippen LogP contribution in [0.4, 0.5) is 0 Å². The fraction of sp³-hybridized carbons (Fsp3) is 1.00. The normalized spacial score (nSPS) is 13.9. The second-order valence-corrected chi connectivity index (χ2v) is 9.43. The van der Waals surface area contributed by atoms with Crippen molar-refractivity contribution >= 4 is 10.2 Å². The van der Waals surface area contributed by atoms with Crippen LogP contribution in [-0.4, -0.2) is 44.9 Å². The molecule has 0 aliphatic rings. The molecule has 0 bridgehead atoms. The van der Waals surface area contributed by atoms with E-state index in [0.29, 0.717) is 6.54 Å². The zero-order chi connectivity index (χ0) is 16.7. The van der Waals surface area contributed by atoms with Crippen LogP contribution < -0.4 is 10.0 Å². The Morgan fingerprint density at radius 1 is 1.05 bits per heavy atom. The second kappa shape index (κ2) is 8.46. The van der Waals surface area contributed by atoms with Gasteiger partial charge in [0.2, 0.25) is 0 Å². The number of hydrogen-bond acceptors (Lipinski definition) is 3. The van der Waals surface area contributed by atoms with Crippen molar-refractivity contribution in [3.63, 3.8) is 0 Å². The van der Waals surface area contributed by atoms with Gasteiger partial charge in [-0.1, -0.05) is 27.7 Å². The number of nitrogens with zero attached hydrogens (tertiary/aromatic N) is 1. The predicted octanol–water partition coefficient (Wildman–Crippen LogP) is 2.36. The number of nitrogens with one attached hydrogen (secondary N) is 2. The van der Waals surface area contributed by atoms with E-state index in [4.69, 9.17) is 0 Å². The molecular formula is C15H35N3O2S. The maximum atomic E-state index is 12.3. The van der Waals surface area contributed by atoms with E-state index in [9.17, 15) is 8.42 Å². The van der Waals surface area contributed by atoms with Gasteiger partial charge in [-0.05, 0) is 51.6 Å². The molecule has 0 rings (SSSR count). The summed E-state index contributed by atoms with van der Waals surface area (Å²) in [7, 11) is -1.79. The van der Waals surface area contributed by atoms with Gasteiger partial charge in [-0.25, -0.2) is 0 Å². The minimum absolute atomic E-state index is 0.0780. The largest absolute Gasteiger partial charge is 0.317 e. The Hall–Kier alpha value is -0.170. The first kappa shape index (κ1) is 20.8. The molecule has 128 valence electrons. The zero-order valence-corrected chi connectivity index (χ0v) is 15.7. The molecule has 0 aliphatic heterocycles. The topological polar surface area (TPSA) is 61.4 Å². The molecular weight excluding hydrogens is 286 g/mol. The van der Waals surface area contributed by atoms with Crippen LogP contribution in [0.25, 0.3) is 0 Å². The Kier molecular flexibility index (Phi) is 8.39. The van der Waals surface area contributed by atoms with Gasteiger partial charge in [0.1, 0.15) is 0 Å². The van der Waals surface area contributed by atoms with E-state index in [-0.39, 0.29) is 5.41 Å². The van der Waals surface area contributed by atoms with Crippen LogP contribution in [0.3, 0.4) is 0 Å². The van der Waals surface area contributed by atoms with E-state index in [0.717, 1.165) is 32.4 Å². The highest BCUT2D eigenvalue weighted by Crippen LogP contribution is 2.27. The molecule has 0 heterocycles. The summed E-state index contributed by atoms with van der Waals surface area (Å²) in [5.41, 5.74) is -0.375. The third-order valence-corrected chi connectivity index (χ3v) is 4.85. The summed E-state index contributed by atoms with van der Waals surface area (Å²) in [6.07, 6.45) is 2.69. The van der Waals surface area contributed by atoms with Gasteiger partial charge in [0.25, 0.3) is 10.2 Å². The molecule has 0 unspecified atom stereocenters. The lowest BCUT2D eigenvalue weighted by atomic mass is 9.82. The lowest BCUT2D eigenvalue weighted by Crippen LogP contribution is -2.51. The van der Waals surface area contributed by atoms with Crippen LogP contribution in [0.5, 0.6) is 0 Å². The molecule has 0 aromatic rings. The molecule has 0 aromatic carbocycles. The Labute approximate surface area is 132 Å². The fourth-order valence-electron chi connectivity index (χ4n) is 2.64. The molecule has 0 amide bonds. The van der Waals surface area contributed by atoms with E-state index in [1.807, 2.05) is 13.8 Å². The predicted molar refractivity (Wildman–Crippen MR) is 90.6 cm³/mol. The van der Waals surface area contributed by atoms with E-state index < -0.39 is 15.7 Å². The molecule has 0 fully saturated rings. The average molecular weight is 322 g/mol. The number of rotatable bonds is 10. The molecule has 21 heavy (non-hydrogen) atoms. The maximum Gasteiger partial charge on any atom is 0.279 e. The van der Waals surface area contributed by atoms with E-state index in [1.54, 1.807) is 7.05 Å². The summed E-state index contributed by atoms with van der Waals surface area (Å²) in [6, 6.07) is 0. The first-order chi connectivity index (χ1) is 9.40. The van der Waals surface area contributed by atoms with Crippen molar-refractivity contribution in [1.82, 2.24) is 14.3 Å². The fourth-order valence-corrected chi connectivity index (χ4v) is 3.93. The molecule has 0 aromatic heterocycles. The van der Waals surface area contributed by atoms with Gasteiger partial charge in [0.05, 0.1) is 0 Å². The highest BCUT2D eigenvalue weighted by atomic mass is 32.2. The molecule has 0 saturated heterocycles. The average Bonchev–Trinajstić information content (AvgIpc) is 2.23. The molecule has 6 heteroatoms. The zero-order valence-electron chi connectivity index (χ0n) is 14.9. The molecule has 0 saturated carbocycles. The van der Waals surface area contributed by atoms with Crippen LogP contribution in [0.2, 0.25) is 0 Å². The Morgan fingerprint density at radius 2 is 1.62 bits per heavy atom. The van der Waals surface area contributed by atoms with Gasteiger partial charge in [-0.15, -0.1) is 0 Å². The highest BCUT2D eigenvalue weighted by Gasteiger charge is 2.31. The van der Waals surface area contributed by atoms with Crippen molar-refractivity contribution in [1.29, 1.82) is 0 Å². The third kappa shape index (κ3) is 10.2. The standard InChI is InChI=1S/C15H35N3O2S/c1-8-10-16-11-9-12-18(7)21(19,20)17-15(5,6)13-14(2,3)4/h16-17H,8-13H2,1-7H3. The lowest BCUT2D eigenvalue weighted by Gasteiger charge is -2.34. The van der Waals surface area contributed by atoms with Gasteiger partial charge in [-0.3, -0.25) is 0 Å². The van der Waals surface area contributed by atoms with Crippen molar-refractivity contribution in [2.75, 3.05) is 26.7 Å². The Balaban J connectivity index is 4.40. The highest BCUT2D eigenvalue weighted by molar-refractivity contribution is 7.87. The first-order valence-electron chi connectivity index (χ1n) is 7.85. The van der Waals surface area contributed by atoms with Gasteiger partial charge in [-0.2, -0.15) is 17.4 Å². The van der Waals surface area contributed by atoms with Crippen molar-refractivity contribution in [2.24, 2.45) is 5.41 Å². The summed E-state index contributed by atoms with van der Waals surface area (Å²) >= 11 is 0. The molecule has 0 radical (unpaired) electrons. The summed E-state index contributed by atoms with van der Waals surface area (Å²) in [5.74, 6) is 0. The monoisotopic (exact) mass is 321 g/mol. The van der Waals surface area contributed by atoms with Crippen molar-refractivity contribution in [3.05, 3.63) is 0 Å². The van der Waals surface area contributed by atoms with Crippen molar-refractivity contribution in [3.8, 4) is 0 Å². The van der Waals surface area contributed by atoms with Gasteiger partial charge in [0, 0.05) is 19.1 Å². The Morgan fingerprint density at radius 3 is 2.10 bits per heavy atom. The van der Waals surface area contributed by atoms with Crippen LogP contribution in [0.15, 0.2) is 0 Å². The van der Waals surface area contributed by atoms with Gasteiger partial charge in [0.15, 0.2) is 0 Å². The van der Waals surface area contributed by atoms with Crippen molar-refractivity contribution in [2.45, 2.75) is 66.3 Å². The number of hydrogen-bond donors (Lipinski definition) is 2. The maximum absolute atomic E-state index is 12.3. The quantitative estimate of drug-likeness (QED) is 0.607. The smallest absolute Gasteiger partial charge is 0.279 e. The second-order valence-electron chi connectivity index (χ2n) is 7.65. The van der Waals surface area contributed by atoms with Crippen LogP contribution in [0, 0.1) is 5.41 Å². The minimum Gasteiger partial charge on any atom is -0.317 e. The van der Waals surface area contributed by atoms with Gasteiger partial charge < -0.3 is 5.32 Å². The molecule has 2 N–H and O–H groups in total. The summed E-state index contributed by atoms with van der Waals surface area (Å²) < 4.78 is 28.9. The SMILES string of the molecule is CCCNCCCN(C)S(=O)(=O)NC(C)(C)CC(C)(C)C. The van der Waals surface area contributed by atoms with Gasteiger partial charge >= 0.3 is 0 Å². The molecule has 0 spiro atoms. The first-order valence-corrected chi connectivity index (χ1v) is 9.29. The Bertz CT molecular complexity index is 386. The minimum atomic E-state index is -3.43. The molecule has 0 atom stereocenters. The summed E-state index contributed by atoms with van der Waals surface area (Å²) in [5, 5.41) is 3.28. The van der Waals surface area contributed by atoms with E-state index >= 15 is 0 Å². The van der Waals surface area contributed by atoms with Crippen molar-refractivity contribution < 1.29 is 8.42 Å². The molecule has 5 nitrogen and oxygen atoms in total. The molecule has 0 aliphatic carbocycles. The lowest BCUT2D eigenvalue weighted by molar-refractivity contribution is 0.265. The summed E-state index contributed by atoms with van der Waals surface area (Å²) in [6.45, 7) is 14.7. The third-order valence-electron chi connectivity index (χ3n) is 3.04. The van der Waals surface area contributed by atoms with Crippen LogP contribution in [-0.2, 0) is 10.2 Å². The van der Waals surface area contributed by atoms with Crippen LogP contribution >= 0.6 is 0 Å². The van der Waals surface area contributed by atoms with E-state index in [1.165, 1.54) is 4.31 Å².